The highest BCUT2D eigenvalue weighted by molar-refractivity contribution is 7.92. The van der Waals surface area contributed by atoms with Gasteiger partial charge in [-0.05, 0) is 82.1 Å². The molecule has 0 bridgehead atoms. The highest BCUT2D eigenvalue weighted by Gasteiger charge is 2.33. The quantitative estimate of drug-likeness (QED) is 0.189. The number of hydrogen-bond acceptors (Lipinski definition) is 4. The fraction of sp³-hybridized carbons (Fsp3) is 0.226. The Morgan fingerprint density at radius 3 is 2.17 bits per heavy atom. The van der Waals surface area contributed by atoms with Crippen molar-refractivity contribution in [2.24, 2.45) is 5.10 Å². The number of nitrogens with zero attached hydrogens (tertiary/aromatic N) is 3. The van der Waals surface area contributed by atoms with Gasteiger partial charge in [-0.25, -0.2) is 13.8 Å². The van der Waals surface area contributed by atoms with Crippen LogP contribution in [0.5, 0.6) is 0 Å². The van der Waals surface area contributed by atoms with Gasteiger partial charge < -0.3 is 4.57 Å². The first-order valence-electron chi connectivity index (χ1n) is 13.0. The number of sulfonamides is 1. The molecule has 7 nitrogen and oxygen atoms in total. The fourth-order valence-corrected chi connectivity index (χ4v) is 6.16. The molecule has 0 aliphatic rings. The van der Waals surface area contributed by atoms with E-state index in [-0.39, 0.29) is 10.6 Å². The largest absolute Gasteiger partial charge is 0.416 e. The predicted octanol–water partition coefficient (Wildman–Crippen LogP) is 6.38. The summed E-state index contributed by atoms with van der Waals surface area (Å²) in [5, 5.41) is 4.03. The van der Waals surface area contributed by atoms with Crippen LogP contribution < -0.4 is 9.73 Å². The first-order chi connectivity index (χ1) is 19.7. The number of carbonyl (C=O) groups is 1. The number of alkyl halides is 3. The molecule has 1 heterocycles. The molecule has 42 heavy (non-hydrogen) atoms. The van der Waals surface area contributed by atoms with E-state index >= 15 is 0 Å². The van der Waals surface area contributed by atoms with E-state index in [1.165, 1.54) is 24.4 Å². The van der Waals surface area contributed by atoms with Crippen LogP contribution in [0.15, 0.2) is 82.8 Å². The van der Waals surface area contributed by atoms with E-state index < -0.39 is 34.2 Å². The van der Waals surface area contributed by atoms with Crippen LogP contribution >= 0.6 is 0 Å². The summed E-state index contributed by atoms with van der Waals surface area (Å²) in [5.74, 6) is -0.831. The molecule has 11 heteroatoms. The average molecular weight is 597 g/mol. The summed E-state index contributed by atoms with van der Waals surface area (Å²) in [5.41, 5.74) is 7.59. The van der Waals surface area contributed by atoms with E-state index in [1.807, 2.05) is 52.0 Å². The second-order valence-corrected chi connectivity index (χ2v) is 11.9. The molecule has 3 aromatic carbocycles. The number of carbonyl (C=O) groups excluding carboxylic acids is 1. The minimum atomic E-state index is -4.70. The van der Waals surface area contributed by atoms with Crippen molar-refractivity contribution in [1.29, 1.82) is 0 Å². The van der Waals surface area contributed by atoms with E-state index in [0.717, 1.165) is 51.5 Å². The first kappa shape index (κ1) is 30.6. The Kier molecular flexibility index (Phi) is 8.63. The lowest BCUT2D eigenvalue weighted by Gasteiger charge is -2.24. The third kappa shape index (κ3) is 6.41. The van der Waals surface area contributed by atoms with Gasteiger partial charge in [0, 0.05) is 17.0 Å². The second-order valence-electron chi connectivity index (χ2n) is 10.1. The molecule has 0 radical (unpaired) electrons. The van der Waals surface area contributed by atoms with Gasteiger partial charge in [-0.2, -0.15) is 18.3 Å². The maximum absolute atomic E-state index is 13.5. The number of rotatable bonds is 8. The van der Waals surface area contributed by atoms with Crippen LogP contribution in [0.4, 0.5) is 18.9 Å². The van der Waals surface area contributed by atoms with Gasteiger partial charge >= 0.3 is 6.18 Å². The molecule has 0 aliphatic heterocycles. The fourth-order valence-electron chi connectivity index (χ4n) is 4.75. The Labute approximate surface area is 243 Å². The van der Waals surface area contributed by atoms with Crippen molar-refractivity contribution in [2.45, 2.75) is 45.7 Å². The van der Waals surface area contributed by atoms with Crippen LogP contribution in [0.25, 0.3) is 5.69 Å². The molecule has 0 atom stereocenters. The van der Waals surface area contributed by atoms with E-state index in [9.17, 15) is 26.4 Å². The summed E-state index contributed by atoms with van der Waals surface area (Å²) in [6.45, 7) is 8.90. The van der Waals surface area contributed by atoms with Gasteiger partial charge in [-0.3, -0.25) is 9.10 Å². The van der Waals surface area contributed by atoms with Crippen molar-refractivity contribution in [3.05, 3.63) is 112 Å². The topological polar surface area (TPSA) is 83.8 Å². The molecule has 0 unspecified atom stereocenters. The Morgan fingerprint density at radius 2 is 1.55 bits per heavy atom. The van der Waals surface area contributed by atoms with Gasteiger partial charge in [0.15, 0.2) is 0 Å². The zero-order valence-corrected chi connectivity index (χ0v) is 24.6. The summed E-state index contributed by atoms with van der Waals surface area (Å²) >= 11 is 0. The molecule has 1 amide bonds. The zero-order valence-electron chi connectivity index (χ0n) is 23.8. The number of anilines is 1. The average Bonchev–Trinajstić information content (AvgIpc) is 3.19. The molecule has 1 N–H and O–H groups in total. The number of aromatic nitrogens is 1. The summed E-state index contributed by atoms with van der Waals surface area (Å²) in [6, 6.07) is 17.6. The molecular weight excluding hydrogens is 565 g/mol. The SMILES string of the molecule is Cc1ccc(S(=O)(=O)N(CC(=O)N/N=C\c2cc(C)n(-c3c(C)cccc3C)c2C)c2cccc(C(F)(F)F)c2)cc1. The number of amides is 1. The number of benzene rings is 3. The molecule has 0 saturated carbocycles. The number of hydrazone groups is 1. The predicted molar refractivity (Wildman–Crippen MR) is 158 cm³/mol. The van der Waals surface area contributed by atoms with Gasteiger partial charge in [-0.1, -0.05) is 42.0 Å². The minimum Gasteiger partial charge on any atom is -0.317 e. The number of halogens is 3. The Hall–Kier alpha value is -4.38. The van der Waals surface area contributed by atoms with Crippen LogP contribution in [-0.4, -0.2) is 31.7 Å². The summed E-state index contributed by atoms with van der Waals surface area (Å²) in [4.78, 5) is 12.8. The van der Waals surface area contributed by atoms with Crippen molar-refractivity contribution in [3.8, 4) is 5.69 Å². The Bertz CT molecular complexity index is 1740. The van der Waals surface area contributed by atoms with Crippen LogP contribution in [0.2, 0.25) is 0 Å². The van der Waals surface area contributed by atoms with Crippen molar-refractivity contribution in [1.82, 2.24) is 9.99 Å². The lowest BCUT2D eigenvalue weighted by molar-refractivity contribution is -0.137. The molecule has 0 aliphatic carbocycles. The van der Waals surface area contributed by atoms with Crippen LogP contribution in [-0.2, 0) is 21.0 Å². The smallest absolute Gasteiger partial charge is 0.317 e. The van der Waals surface area contributed by atoms with Crippen LogP contribution in [0, 0.1) is 34.6 Å². The lowest BCUT2D eigenvalue weighted by atomic mass is 10.1. The summed E-state index contributed by atoms with van der Waals surface area (Å²) in [7, 11) is -4.40. The maximum Gasteiger partial charge on any atom is 0.416 e. The number of aryl methyl sites for hydroxylation is 4. The molecule has 4 rings (SSSR count). The van der Waals surface area contributed by atoms with Crippen LogP contribution in [0.1, 0.15) is 39.2 Å². The van der Waals surface area contributed by atoms with Gasteiger partial charge in [0.1, 0.15) is 6.54 Å². The molecular formula is C31H31F3N4O3S. The Morgan fingerprint density at radius 1 is 0.929 bits per heavy atom. The van der Waals surface area contributed by atoms with Gasteiger partial charge in [-0.15, -0.1) is 0 Å². The van der Waals surface area contributed by atoms with Crippen molar-refractivity contribution in [3.63, 3.8) is 0 Å². The molecule has 4 aromatic rings. The van der Waals surface area contributed by atoms with Gasteiger partial charge in [0.2, 0.25) is 0 Å². The number of nitrogens with one attached hydrogen (secondary N) is 1. The molecule has 0 fully saturated rings. The van der Waals surface area contributed by atoms with Crippen LogP contribution in [0.3, 0.4) is 0 Å². The van der Waals surface area contributed by atoms with Crippen molar-refractivity contribution >= 4 is 27.8 Å². The Balaban J connectivity index is 1.62. The van der Waals surface area contributed by atoms with Gasteiger partial charge in [0.25, 0.3) is 15.9 Å². The molecule has 0 spiro atoms. The third-order valence-corrected chi connectivity index (χ3v) is 8.67. The minimum absolute atomic E-state index is 0.166. The lowest BCUT2D eigenvalue weighted by Crippen LogP contribution is -2.39. The highest BCUT2D eigenvalue weighted by atomic mass is 32.2. The van der Waals surface area contributed by atoms with E-state index in [4.69, 9.17) is 0 Å². The number of para-hydroxylation sites is 1. The van der Waals surface area contributed by atoms with E-state index in [1.54, 1.807) is 19.1 Å². The first-order valence-corrected chi connectivity index (χ1v) is 14.5. The summed E-state index contributed by atoms with van der Waals surface area (Å²) < 4.78 is 70.1. The van der Waals surface area contributed by atoms with Crippen molar-refractivity contribution in [2.75, 3.05) is 10.8 Å². The molecule has 220 valence electrons. The highest BCUT2D eigenvalue weighted by Crippen LogP contribution is 2.33. The molecule has 1 aromatic heterocycles. The standard InChI is InChI=1S/C31H31F3N4O3S/c1-20-12-14-28(15-13-20)42(40,41)37(27-11-7-10-26(17-27)31(32,33)34)19-29(39)36-35-18-25-16-23(4)38(24(25)5)30-21(2)8-6-9-22(30)3/h6-18H,19H2,1-5H3,(H,36,39)/b35-18-. The van der Waals surface area contributed by atoms with Gasteiger partial charge in [0.05, 0.1) is 28.0 Å². The maximum atomic E-state index is 13.5. The third-order valence-electron chi connectivity index (χ3n) is 6.88. The van der Waals surface area contributed by atoms with E-state index in [0.29, 0.717) is 10.4 Å². The second kappa shape index (κ2) is 11.8. The summed E-state index contributed by atoms with van der Waals surface area (Å²) in [6.07, 6.45) is -3.25. The monoisotopic (exact) mass is 596 g/mol. The zero-order chi connectivity index (χ0) is 30.8. The van der Waals surface area contributed by atoms with Crippen molar-refractivity contribution < 1.29 is 26.4 Å². The number of hydrogen-bond donors (Lipinski definition) is 1. The molecule has 0 saturated heterocycles. The van der Waals surface area contributed by atoms with E-state index in [2.05, 4.69) is 15.1 Å². The normalized spacial score (nSPS) is 12.1.